The first-order chi connectivity index (χ1) is 30.1. The van der Waals surface area contributed by atoms with Crippen molar-refractivity contribution >= 4 is 43.1 Å². The van der Waals surface area contributed by atoms with Crippen LogP contribution < -0.4 is 0 Å². The summed E-state index contributed by atoms with van der Waals surface area (Å²) in [5, 5.41) is 10.0. The molecule has 0 heteroatoms. The van der Waals surface area contributed by atoms with Crippen molar-refractivity contribution in [2.24, 2.45) is 0 Å². The second-order valence-corrected chi connectivity index (χ2v) is 16.6. The van der Waals surface area contributed by atoms with E-state index in [1.54, 1.807) is 0 Å². The molecule has 0 fully saturated rings. The fraction of sp³-hybridized carbons (Fsp3) is 0.0492. The van der Waals surface area contributed by atoms with E-state index in [9.17, 15) is 0 Å². The molecule has 0 aliphatic heterocycles. The van der Waals surface area contributed by atoms with Gasteiger partial charge in [-0.1, -0.05) is 214 Å². The van der Waals surface area contributed by atoms with Crippen LogP contribution in [0.5, 0.6) is 0 Å². The van der Waals surface area contributed by atoms with Gasteiger partial charge in [0.1, 0.15) is 0 Å². The smallest absolute Gasteiger partial charge is 0.00199 e. The molecule has 0 aliphatic rings. The molecule has 0 unspecified atom stereocenters. The molecule has 11 aromatic rings. The van der Waals surface area contributed by atoms with Crippen molar-refractivity contribution in [3.05, 3.63) is 230 Å². The Morgan fingerprint density at radius 1 is 0.246 bits per heavy atom. The topological polar surface area (TPSA) is 0 Å². The Kier molecular flexibility index (Phi) is 9.13. The molecule has 0 nitrogen and oxygen atoms in total. The molecule has 288 valence electrons. The van der Waals surface area contributed by atoms with Gasteiger partial charge in [-0.25, -0.2) is 0 Å². The Bertz CT molecular complexity index is 3390. The minimum atomic E-state index is 0.440. The van der Waals surface area contributed by atoms with E-state index < -0.39 is 0 Å². The van der Waals surface area contributed by atoms with E-state index >= 15 is 0 Å². The van der Waals surface area contributed by atoms with Crippen LogP contribution in [0.4, 0.5) is 0 Å². The van der Waals surface area contributed by atoms with Gasteiger partial charge < -0.3 is 0 Å². The molecule has 0 aliphatic carbocycles. The summed E-state index contributed by atoms with van der Waals surface area (Å²) in [6.45, 7) is 4.55. The average Bonchev–Trinajstić information content (AvgIpc) is 3.33. The van der Waals surface area contributed by atoms with Crippen molar-refractivity contribution in [1.82, 2.24) is 0 Å². The van der Waals surface area contributed by atoms with E-state index in [0.717, 1.165) is 0 Å². The van der Waals surface area contributed by atoms with Crippen LogP contribution in [0.3, 0.4) is 0 Å². The van der Waals surface area contributed by atoms with Gasteiger partial charge in [-0.05, 0) is 146 Å². The summed E-state index contributed by atoms with van der Waals surface area (Å²) in [5.74, 6) is 0.440. The van der Waals surface area contributed by atoms with Crippen LogP contribution in [0.2, 0.25) is 0 Å². The summed E-state index contributed by atoms with van der Waals surface area (Å²) < 4.78 is 0. The van der Waals surface area contributed by atoms with Crippen molar-refractivity contribution in [2.75, 3.05) is 0 Å². The van der Waals surface area contributed by atoms with Crippen molar-refractivity contribution in [3.8, 4) is 66.8 Å². The fourth-order valence-electron chi connectivity index (χ4n) is 9.53. The van der Waals surface area contributed by atoms with Gasteiger partial charge in [0, 0.05) is 0 Å². The van der Waals surface area contributed by atoms with Gasteiger partial charge in [-0.2, -0.15) is 0 Å². The molecular weight excluding hydrogens is 733 g/mol. The molecule has 0 bridgehead atoms. The lowest BCUT2D eigenvalue weighted by Crippen LogP contribution is -1.95. The van der Waals surface area contributed by atoms with Crippen LogP contribution in [0, 0.1) is 0 Å². The van der Waals surface area contributed by atoms with Crippen LogP contribution in [-0.2, 0) is 0 Å². The molecule has 0 N–H and O–H groups in total. The van der Waals surface area contributed by atoms with Crippen LogP contribution in [0.1, 0.15) is 25.3 Å². The molecule has 0 saturated heterocycles. The normalized spacial score (nSPS) is 11.6. The monoisotopic (exact) mass is 776 g/mol. The summed E-state index contributed by atoms with van der Waals surface area (Å²) in [7, 11) is 0. The molecule has 0 radical (unpaired) electrons. The Hall–Kier alpha value is -7.54. The molecule has 0 spiro atoms. The van der Waals surface area contributed by atoms with Crippen molar-refractivity contribution < 1.29 is 0 Å². The van der Waals surface area contributed by atoms with Gasteiger partial charge in [0.25, 0.3) is 0 Å². The van der Waals surface area contributed by atoms with E-state index in [2.05, 4.69) is 238 Å². The third kappa shape index (κ3) is 6.58. The molecule has 0 atom stereocenters. The Morgan fingerprint density at radius 2 is 0.705 bits per heavy atom. The van der Waals surface area contributed by atoms with Crippen molar-refractivity contribution in [3.63, 3.8) is 0 Å². The van der Waals surface area contributed by atoms with Gasteiger partial charge in [-0.15, -0.1) is 0 Å². The Balaban J connectivity index is 1.12. The molecule has 0 amide bonds. The lowest BCUT2D eigenvalue weighted by atomic mass is 9.82. The second kappa shape index (κ2) is 15.2. The predicted octanol–water partition coefficient (Wildman–Crippen LogP) is 17.4. The first-order valence-electron chi connectivity index (χ1n) is 21.4. The van der Waals surface area contributed by atoms with Gasteiger partial charge in [0.15, 0.2) is 0 Å². The molecule has 0 aromatic heterocycles. The van der Waals surface area contributed by atoms with Gasteiger partial charge in [0.2, 0.25) is 0 Å². The SMILES string of the molecule is CC(C)c1cccc(-c2c3ccccc3c(-c3cc(-c4cccc(-c5cccc(-c6ccc7ccccc7c6)c5)c4)ccc3-c3cccc4ccccc34)c3ccccc23)c1. The standard InChI is InChI=1S/C61H44/c1-40(2)43-19-11-24-51(35-43)60-55-26-7-9-28-57(55)61(58-29-10-8-27-56(58)60)59-39-50(33-34-54(59)53-30-14-18-42-16-5-6-25-52(42)53)48-23-13-21-46(38-48)45-20-12-22-47(37-45)49-32-31-41-15-3-4-17-44(41)36-49/h3-40H,1-2H3. The van der Waals surface area contributed by atoms with Gasteiger partial charge in [0.05, 0.1) is 0 Å². The second-order valence-electron chi connectivity index (χ2n) is 16.6. The molecule has 61 heavy (non-hydrogen) atoms. The third-order valence-corrected chi connectivity index (χ3v) is 12.6. The number of benzene rings is 11. The summed E-state index contributed by atoms with van der Waals surface area (Å²) in [4.78, 5) is 0. The van der Waals surface area contributed by atoms with E-state index in [0.29, 0.717) is 5.92 Å². The summed E-state index contributed by atoms with van der Waals surface area (Å²) in [5.41, 5.74) is 16.1. The van der Waals surface area contributed by atoms with Crippen LogP contribution in [0.25, 0.3) is 110 Å². The van der Waals surface area contributed by atoms with Crippen molar-refractivity contribution in [1.29, 1.82) is 0 Å². The number of fused-ring (bicyclic) bond motifs is 4. The average molecular weight is 777 g/mol. The number of rotatable bonds is 7. The molecular formula is C61H44. The summed E-state index contributed by atoms with van der Waals surface area (Å²) >= 11 is 0. The number of hydrogen-bond acceptors (Lipinski definition) is 0. The predicted molar refractivity (Wildman–Crippen MR) is 263 cm³/mol. The Labute approximate surface area is 358 Å². The zero-order valence-corrected chi connectivity index (χ0v) is 34.4. The fourth-order valence-corrected chi connectivity index (χ4v) is 9.53. The van der Waals surface area contributed by atoms with E-state index in [1.807, 2.05) is 0 Å². The molecule has 0 heterocycles. The maximum atomic E-state index is 2.45. The maximum Gasteiger partial charge on any atom is -0.00199 e. The minimum Gasteiger partial charge on any atom is -0.0616 e. The highest BCUT2D eigenvalue weighted by molar-refractivity contribution is 6.23. The highest BCUT2D eigenvalue weighted by Crippen LogP contribution is 2.48. The van der Waals surface area contributed by atoms with Crippen molar-refractivity contribution in [2.45, 2.75) is 19.8 Å². The lowest BCUT2D eigenvalue weighted by Gasteiger charge is -2.21. The third-order valence-electron chi connectivity index (χ3n) is 12.6. The molecule has 11 aromatic carbocycles. The van der Waals surface area contributed by atoms with E-state index in [-0.39, 0.29) is 0 Å². The largest absolute Gasteiger partial charge is 0.0616 e. The Morgan fingerprint density at radius 3 is 1.34 bits per heavy atom. The minimum absolute atomic E-state index is 0.440. The van der Waals surface area contributed by atoms with E-state index in [1.165, 1.54) is 115 Å². The van der Waals surface area contributed by atoms with E-state index in [4.69, 9.17) is 0 Å². The first kappa shape index (κ1) is 36.5. The van der Waals surface area contributed by atoms with Gasteiger partial charge >= 0.3 is 0 Å². The van der Waals surface area contributed by atoms with Crippen LogP contribution >= 0.6 is 0 Å². The molecule has 0 saturated carbocycles. The van der Waals surface area contributed by atoms with Crippen LogP contribution in [-0.4, -0.2) is 0 Å². The van der Waals surface area contributed by atoms with Gasteiger partial charge in [-0.3, -0.25) is 0 Å². The molecule has 11 rings (SSSR count). The summed E-state index contributed by atoms with van der Waals surface area (Å²) in [6, 6.07) is 83.2. The maximum absolute atomic E-state index is 2.45. The zero-order valence-electron chi connectivity index (χ0n) is 34.4. The highest BCUT2D eigenvalue weighted by atomic mass is 14.2. The lowest BCUT2D eigenvalue weighted by molar-refractivity contribution is 0.867. The van der Waals surface area contributed by atoms with Crippen LogP contribution in [0.15, 0.2) is 224 Å². The first-order valence-corrected chi connectivity index (χ1v) is 21.4. The zero-order chi connectivity index (χ0) is 40.9. The highest BCUT2D eigenvalue weighted by Gasteiger charge is 2.21. The summed E-state index contributed by atoms with van der Waals surface area (Å²) in [6.07, 6.45) is 0. The quantitative estimate of drug-likeness (QED) is 0.141. The number of hydrogen-bond donors (Lipinski definition) is 0.